The summed E-state index contributed by atoms with van der Waals surface area (Å²) in [4.78, 5) is 12.4. The van der Waals surface area contributed by atoms with E-state index in [4.69, 9.17) is 4.52 Å². The van der Waals surface area contributed by atoms with Crippen molar-refractivity contribution in [1.82, 2.24) is 5.16 Å². The van der Waals surface area contributed by atoms with Gasteiger partial charge in [-0.1, -0.05) is 59.8 Å². The van der Waals surface area contributed by atoms with Crippen LogP contribution in [0.2, 0.25) is 0 Å². The van der Waals surface area contributed by atoms with Crippen molar-refractivity contribution in [3.8, 4) is 11.3 Å². The third kappa shape index (κ3) is 2.26. The zero-order chi connectivity index (χ0) is 13.9. The summed E-state index contributed by atoms with van der Waals surface area (Å²) >= 11 is 0. The number of ketones is 1. The highest BCUT2D eigenvalue weighted by molar-refractivity contribution is 6.08. The highest BCUT2D eigenvalue weighted by Crippen LogP contribution is 2.21. The predicted molar refractivity (Wildman–Crippen MR) is 76.6 cm³/mol. The Hall–Kier alpha value is -2.68. The molecule has 3 aromatic rings. The Bertz CT molecular complexity index is 744. The van der Waals surface area contributed by atoms with Crippen LogP contribution < -0.4 is 0 Å². The summed E-state index contributed by atoms with van der Waals surface area (Å²) in [6.45, 7) is 1.91. The second kappa shape index (κ2) is 5.13. The summed E-state index contributed by atoms with van der Waals surface area (Å²) < 4.78 is 5.26. The molecule has 0 atom stereocenters. The summed E-state index contributed by atoms with van der Waals surface area (Å²) in [5.41, 5.74) is 2.82. The Kier molecular flexibility index (Phi) is 3.17. The van der Waals surface area contributed by atoms with Crippen molar-refractivity contribution < 1.29 is 9.32 Å². The molecule has 0 aliphatic heterocycles. The van der Waals surface area contributed by atoms with Gasteiger partial charge < -0.3 is 4.52 Å². The molecule has 3 heteroatoms. The van der Waals surface area contributed by atoms with Crippen LogP contribution in [0.25, 0.3) is 11.3 Å². The van der Waals surface area contributed by atoms with Gasteiger partial charge in [-0.05, 0) is 12.5 Å². The van der Waals surface area contributed by atoms with E-state index in [1.165, 1.54) is 0 Å². The normalized spacial score (nSPS) is 10.4. The fourth-order valence-electron chi connectivity index (χ4n) is 2.09. The number of carbonyl (C=O) groups excluding carboxylic acids is 1. The van der Waals surface area contributed by atoms with Gasteiger partial charge in [-0.25, -0.2) is 0 Å². The maximum atomic E-state index is 12.4. The minimum Gasteiger partial charge on any atom is -0.356 e. The van der Waals surface area contributed by atoms with Crippen LogP contribution >= 0.6 is 0 Å². The van der Waals surface area contributed by atoms with E-state index < -0.39 is 0 Å². The molecule has 0 fully saturated rings. The van der Waals surface area contributed by atoms with Gasteiger partial charge in [-0.2, -0.15) is 0 Å². The van der Waals surface area contributed by atoms with E-state index in [0.29, 0.717) is 17.0 Å². The largest absolute Gasteiger partial charge is 0.356 e. The Labute approximate surface area is 116 Å². The summed E-state index contributed by atoms with van der Waals surface area (Å²) in [5.74, 6) is 0.483. The molecule has 0 unspecified atom stereocenters. The molecule has 20 heavy (non-hydrogen) atoms. The van der Waals surface area contributed by atoms with Gasteiger partial charge in [0.25, 0.3) is 0 Å². The lowest BCUT2D eigenvalue weighted by molar-refractivity contribution is 0.103. The second-order valence-corrected chi connectivity index (χ2v) is 4.59. The minimum absolute atomic E-state index is 0.117. The zero-order valence-electron chi connectivity index (χ0n) is 11.0. The van der Waals surface area contributed by atoms with E-state index in [-0.39, 0.29) is 5.78 Å². The SMILES string of the molecule is Cc1ccccc1C(=O)c1cc(-c2ccccc2)on1. The van der Waals surface area contributed by atoms with Crippen LogP contribution in [0.5, 0.6) is 0 Å². The number of hydrogen-bond acceptors (Lipinski definition) is 3. The van der Waals surface area contributed by atoms with E-state index in [9.17, 15) is 4.79 Å². The van der Waals surface area contributed by atoms with Gasteiger partial charge in [0.05, 0.1) is 0 Å². The smallest absolute Gasteiger partial charge is 0.215 e. The van der Waals surface area contributed by atoms with Crippen LogP contribution in [-0.2, 0) is 0 Å². The molecule has 3 nitrogen and oxygen atoms in total. The lowest BCUT2D eigenvalue weighted by atomic mass is 10.0. The molecular formula is C17H13NO2. The van der Waals surface area contributed by atoms with Crippen molar-refractivity contribution in [3.63, 3.8) is 0 Å². The molecule has 98 valence electrons. The van der Waals surface area contributed by atoms with Crippen LogP contribution in [0.15, 0.2) is 65.2 Å². The molecular weight excluding hydrogens is 250 g/mol. The molecule has 1 heterocycles. The highest BCUT2D eigenvalue weighted by atomic mass is 16.5. The van der Waals surface area contributed by atoms with E-state index in [2.05, 4.69) is 5.16 Å². The van der Waals surface area contributed by atoms with Gasteiger partial charge in [0.2, 0.25) is 5.78 Å². The maximum absolute atomic E-state index is 12.4. The standard InChI is InChI=1S/C17H13NO2/c1-12-7-5-6-10-14(12)17(19)15-11-16(20-18-15)13-8-3-2-4-9-13/h2-11H,1H3. The first-order chi connectivity index (χ1) is 9.75. The molecule has 1 aromatic heterocycles. The zero-order valence-corrected chi connectivity index (χ0v) is 11.0. The number of aryl methyl sites for hydroxylation is 1. The topological polar surface area (TPSA) is 43.1 Å². The van der Waals surface area contributed by atoms with Crippen LogP contribution in [0.1, 0.15) is 21.6 Å². The monoisotopic (exact) mass is 263 g/mol. The van der Waals surface area contributed by atoms with Crippen molar-refractivity contribution in [2.45, 2.75) is 6.92 Å². The summed E-state index contributed by atoms with van der Waals surface area (Å²) in [5, 5.41) is 3.89. The van der Waals surface area contributed by atoms with Gasteiger partial charge in [-0.15, -0.1) is 0 Å². The first-order valence-corrected chi connectivity index (χ1v) is 6.38. The molecule has 0 aliphatic rings. The van der Waals surface area contributed by atoms with Crippen molar-refractivity contribution in [2.75, 3.05) is 0 Å². The van der Waals surface area contributed by atoms with Crippen molar-refractivity contribution in [1.29, 1.82) is 0 Å². The van der Waals surface area contributed by atoms with E-state index >= 15 is 0 Å². The predicted octanol–water partition coefficient (Wildman–Crippen LogP) is 3.88. The lowest BCUT2D eigenvalue weighted by Gasteiger charge is -2.00. The number of hydrogen-bond donors (Lipinski definition) is 0. The van der Waals surface area contributed by atoms with Crippen LogP contribution in [0.3, 0.4) is 0 Å². The molecule has 0 bridgehead atoms. The molecule has 0 radical (unpaired) electrons. The lowest BCUT2D eigenvalue weighted by Crippen LogP contribution is -2.03. The van der Waals surface area contributed by atoms with E-state index in [0.717, 1.165) is 11.1 Å². The summed E-state index contributed by atoms with van der Waals surface area (Å²) in [6, 6.07) is 18.7. The molecule has 0 aliphatic carbocycles. The third-order valence-corrected chi connectivity index (χ3v) is 3.19. The molecule has 2 aromatic carbocycles. The van der Waals surface area contributed by atoms with Crippen molar-refractivity contribution in [3.05, 3.63) is 77.5 Å². The third-order valence-electron chi connectivity index (χ3n) is 3.19. The first kappa shape index (κ1) is 12.4. The van der Waals surface area contributed by atoms with Crippen LogP contribution in [0.4, 0.5) is 0 Å². The number of benzene rings is 2. The Morgan fingerprint density at radius 2 is 1.70 bits per heavy atom. The first-order valence-electron chi connectivity index (χ1n) is 6.38. The van der Waals surface area contributed by atoms with Crippen LogP contribution in [0, 0.1) is 6.92 Å². The molecule has 0 amide bonds. The average molecular weight is 263 g/mol. The Balaban J connectivity index is 1.95. The number of aromatic nitrogens is 1. The molecule has 0 saturated carbocycles. The fraction of sp³-hybridized carbons (Fsp3) is 0.0588. The highest BCUT2D eigenvalue weighted by Gasteiger charge is 2.16. The molecule has 0 N–H and O–H groups in total. The van der Waals surface area contributed by atoms with Gasteiger partial charge >= 0.3 is 0 Å². The summed E-state index contributed by atoms with van der Waals surface area (Å²) in [7, 11) is 0. The van der Waals surface area contributed by atoms with Crippen molar-refractivity contribution >= 4 is 5.78 Å². The van der Waals surface area contributed by atoms with Crippen LogP contribution in [-0.4, -0.2) is 10.9 Å². The Morgan fingerprint density at radius 3 is 2.45 bits per heavy atom. The van der Waals surface area contributed by atoms with Crippen molar-refractivity contribution in [2.24, 2.45) is 0 Å². The number of rotatable bonds is 3. The minimum atomic E-state index is -0.117. The number of nitrogens with zero attached hydrogens (tertiary/aromatic N) is 1. The molecule has 3 rings (SSSR count). The number of carbonyl (C=O) groups is 1. The van der Waals surface area contributed by atoms with Gasteiger partial charge in [0, 0.05) is 17.2 Å². The average Bonchev–Trinajstić information content (AvgIpc) is 2.98. The molecule has 0 saturated heterocycles. The fourth-order valence-corrected chi connectivity index (χ4v) is 2.09. The Morgan fingerprint density at radius 1 is 1.00 bits per heavy atom. The van der Waals surface area contributed by atoms with Gasteiger partial charge in [0.15, 0.2) is 11.5 Å². The maximum Gasteiger partial charge on any atom is 0.215 e. The summed E-state index contributed by atoms with van der Waals surface area (Å²) in [6.07, 6.45) is 0. The molecule has 0 spiro atoms. The van der Waals surface area contributed by atoms with E-state index in [1.54, 1.807) is 12.1 Å². The second-order valence-electron chi connectivity index (χ2n) is 4.59. The van der Waals surface area contributed by atoms with E-state index in [1.807, 2.05) is 55.5 Å². The van der Waals surface area contributed by atoms with Gasteiger partial charge in [-0.3, -0.25) is 4.79 Å². The quantitative estimate of drug-likeness (QED) is 0.673. The van der Waals surface area contributed by atoms with Gasteiger partial charge in [0.1, 0.15) is 0 Å².